The van der Waals surface area contributed by atoms with Gasteiger partial charge in [-0.05, 0) is 43.0 Å². The van der Waals surface area contributed by atoms with Gasteiger partial charge in [-0.15, -0.1) is 0 Å². The minimum Gasteiger partial charge on any atom is -0.369 e. The van der Waals surface area contributed by atoms with Crippen molar-refractivity contribution in [1.29, 1.82) is 0 Å². The maximum absolute atomic E-state index is 3.28. The van der Waals surface area contributed by atoms with Gasteiger partial charge in [0.1, 0.15) is 0 Å². The number of piperazine rings is 1. The molecule has 2 heterocycles. The highest BCUT2D eigenvalue weighted by molar-refractivity contribution is 5.54. The number of pyridine rings is 1. The quantitative estimate of drug-likeness (QED) is 0.690. The summed E-state index contributed by atoms with van der Waals surface area (Å²) < 4.78 is 2.15. The Balaban J connectivity index is 1.38. The monoisotopic (exact) mass is 371 g/mol. The maximum Gasteiger partial charge on any atom is 0.210 e. The second-order valence-corrected chi connectivity index (χ2v) is 7.19. The summed E-state index contributed by atoms with van der Waals surface area (Å²) in [6.07, 6.45) is 8.26. The van der Waals surface area contributed by atoms with Gasteiger partial charge in [-0.2, -0.15) is 4.57 Å². The smallest absolute Gasteiger partial charge is 0.210 e. The molecule has 4 nitrogen and oxygen atoms in total. The van der Waals surface area contributed by atoms with Crippen LogP contribution in [-0.4, -0.2) is 38.1 Å². The number of nitrogens with one attached hydrogen (secondary N) is 1. The van der Waals surface area contributed by atoms with E-state index < -0.39 is 0 Å². The fraction of sp³-hybridized carbons (Fsp3) is 0.208. The highest BCUT2D eigenvalue weighted by Crippen LogP contribution is 2.17. The van der Waals surface area contributed by atoms with Crippen LogP contribution in [0.1, 0.15) is 5.56 Å². The van der Waals surface area contributed by atoms with E-state index in [4.69, 9.17) is 0 Å². The van der Waals surface area contributed by atoms with Gasteiger partial charge in [-0.25, -0.2) is 0 Å². The predicted molar refractivity (Wildman–Crippen MR) is 117 cm³/mol. The first-order valence-electron chi connectivity index (χ1n) is 9.81. The van der Waals surface area contributed by atoms with Crippen LogP contribution in [0.2, 0.25) is 0 Å². The van der Waals surface area contributed by atoms with Crippen molar-refractivity contribution in [1.82, 2.24) is 4.90 Å². The number of rotatable bonds is 5. The molecule has 4 heteroatoms. The zero-order chi connectivity index (χ0) is 19.2. The summed E-state index contributed by atoms with van der Waals surface area (Å²) in [4.78, 5) is 4.84. The lowest BCUT2D eigenvalue weighted by atomic mass is 10.2. The molecule has 1 N–H and O–H groups in total. The van der Waals surface area contributed by atoms with Crippen molar-refractivity contribution in [3.05, 3.63) is 90.9 Å². The highest BCUT2D eigenvalue weighted by atomic mass is 15.2. The SMILES string of the molecule is CN1CCN(c2ccc(-[n+]3ccc(C=CNc4ccccc4)cc3)cc2)CC1. The molecule has 1 fully saturated rings. The molecule has 1 aliphatic heterocycles. The summed E-state index contributed by atoms with van der Waals surface area (Å²) in [6, 6.07) is 23.3. The van der Waals surface area contributed by atoms with E-state index in [-0.39, 0.29) is 0 Å². The predicted octanol–water partition coefficient (Wildman–Crippen LogP) is 3.80. The molecule has 28 heavy (non-hydrogen) atoms. The van der Waals surface area contributed by atoms with Crippen LogP contribution in [0.4, 0.5) is 11.4 Å². The van der Waals surface area contributed by atoms with Crippen molar-refractivity contribution < 1.29 is 4.57 Å². The first-order chi connectivity index (χ1) is 13.8. The molecule has 1 aromatic heterocycles. The van der Waals surface area contributed by atoms with Crippen LogP contribution in [0.25, 0.3) is 11.8 Å². The summed E-state index contributed by atoms with van der Waals surface area (Å²) in [5.74, 6) is 0. The van der Waals surface area contributed by atoms with Gasteiger partial charge in [0.25, 0.3) is 0 Å². The van der Waals surface area contributed by atoms with Gasteiger partial charge in [0.15, 0.2) is 12.4 Å². The second kappa shape index (κ2) is 8.72. The third kappa shape index (κ3) is 4.59. The summed E-state index contributed by atoms with van der Waals surface area (Å²) in [6.45, 7) is 4.46. The van der Waals surface area contributed by atoms with Crippen molar-refractivity contribution in [2.75, 3.05) is 43.4 Å². The maximum atomic E-state index is 3.28. The Morgan fingerprint density at radius 1 is 0.821 bits per heavy atom. The first-order valence-corrected chi connectivity index (χ1v) is 9.81. The second-order valence-electron chi connectivity index (χ2n) is 7.19. The fourth-order valence-electron chi connectivity index (χ4n) is 3.39. The number of hydrogen-bond donors (Lipinski definition) is 1. The van der Waals surface area contributed by atoms with Gasteiger partial charge >= 0.3 is 0 Å². The molecule has 1 aliphatic rings. The molecule has 0 unspecified atom stereocenters. The van der Waals surface area contributed by atoms with Gasteiger partial charge in [-0.1, -0.05) is 18.2 Å². The van der Waals surface area contributed by atoms with Gasteiger partial charge < -0.3 is 15.1 Å². The van der Waals surface area contributed by atoms with Crippen LogP contribution in [0.15, 0.2) is 85.3 Å². The Morgan fingerprint density at radius 3 is 2.18 bits per heavy atom. The Kier molecular flexibility index (Phi) is 5.69. The van der Waals surface area contributed by atoms with Crippen molar-refractivity contribution in [3.63, 3.8) is 0 Å². The van der Waals surface area contributed by atoms with E-state index in [1.165, 1.54) is 11.4 Å². The average Bonchev–Trinajstić information content (AvgIpc) is 2.76. The summed E-state index contributed by atoms with van der Waals surface area (Å²) in [5, 5.41) is 3.28. The summed E-state index contributed by atoms with van der Waals surface area (Å²) in [5.41, 5.74) is 4.73. The first kappa shape index (κ1) is 18.3. The van der Waals surface area contributed by atoms with E-state index in [0.29, 0.717) is 0 Å². The third-order valence-corrected chi connectivity index (χ3v) is 5.17. The molecule has 0 radical (unpaired) electrons. The molecule has 3 aromatic rings. The molecular formula is C24H27N4+. The molecule has 2 aromatic carbocycles. The molecule has 0 spiro atoms. The molecule has 0 atom stereocenters. The molecule has 4 rings (SSSR count). The normalized spacial score (nSPS) is 15.1. The van der Waals surface area contributed by atoms with E-state index in [0.717, 1.165) is 37.4 Å². The topological polar surface area (TPSA) is 22.4 Å². The Bertz CT molecular complexity index is 894. The molecule has 0 amide bonds. The van der Waals surface area contributed by atoms with Crippen molar-refractivity contribution in [2.45, 2.75) is 0 Å². The molecule has 0 bridgehead atoms. The lowest BCUT2D eigenvalue weighted by molar-refractivity contribution is -0.595. The van der Waals surface area contributed by atoms with E-state index >= 15 is 0 Å². The molecule has 1 saturated heterocycles. The lowest BCUT2D eigenvalue weighted by Crippen LogP contribution is -2.44. The van der Waals surface area contributed by atoms with Crippen LogP contribution in [0.3, 0.4) is 0 Å². The zero-order valence-electron chi connectivity index (χ0n) is 16.3. The molecular weight excluding hydrogens is 344 g/mol. The van der Waals surface area contributed by atoms with E-state index in [1.807, 2.05) is 24.4 Å². The van der Waals surface area contributed by atoms with Gasteiger partial charge in [-0.3, -0.25) is 0 Å². The van der Waals surface area contributed by atoms with Crippen LogP contribution in [0, 0.1) is 0 Å². The van der Waals surface area contributed by atoms with Crippen LogP contribution in [0.5, 0.6) is 0 Å². The minimum atomic E-state index is 1.09. The highest BCUT2D eigenvalue weighted by Gasteiger charge is 2.15. The minimum absolute atomic E-state index is 1.09. The zero-order valence-corrected chi connectivity index (χ0v) is 16.3. The molecule has 142 valence electrons. The number of nitrogens with zero attached hydrogens (tertiary/aromatic N) is 3. The number of anilines is 2. The lowest BCUT2D eigenvalue weighted by Gasteiger charge is -2.33. The van der Waals surface area contributed by atoms with Crippen LogP contribution in [-0.2, 0) is 0 Å². The number of likely N-dealkylation sites (N-methyl/N-ethyl adjacent to an activating group) is 1. The standard InChI is InChI=1S/C24H26N4/c1-26-17-19-28(20-18-26)24-9-7-23(8-10-24)27-15-12-21(13-16-27)11-14-25-22-5-3-2-4-6-22/h2-16H,17-20H2,1H3/p+1. The number of hydrogen-bond acceptors (Lipinski definition) is 3. The van der Waals surface area contributed by atoms with E-state index in [1.54, 1.807) is 0 Å². The average molecular weight is 372 g/mol. The van der Waals surface area contributed by atoms with Crippen LogP contribution < -0.4 is 14.8 Å². The Morgan fingerprint density at radius 2 is 1.50 bits per heavy atom. The molecule has 0 saturated carbocycles. The summed E-state index contributed by atoms with van der Waals surface area (Å²) >= 11 is 0. The van der Waals surface area contributed by atoms with Gasteiger partial charge in [0.2, 0.25) is 5.69 Å². The van der Waals surface area contributed by atoms with Crippen molar-refractivity contribution >= 4 is 17.5 Å². The van der Waals surface area contributed by atoms with E-state index in [9.17, 15) is 0 Å². The third-order valence-electron chi connectivity index (χ3n) is 5.17. The van der Waals surface area contributed by atoms with Crippen molar-refractivity contribution in [2.24, 2.45) is 0 Å². The number of para-hydroxylation sites is 1. The van der Waals surface area contributed by atoms with Crippen molar-refractivity contribution in [3.8, 4) is 5.69 Å². The van der Waals surface area contributed by atoms with Gasteiger partial charge in [0, 0.05) is 68.0 Å². The Hall–Kier alpha value is -3.11. The Labute approximate surface area is 167 Å². The van der Waals surface area contributed by atoms with E-state index in [2.05, 4.69) is 93.7 Å². The largest absolute Gasteiger partial charge is 0.369 e. The van der Waals surface area contributed by atoms with Gasteiger partial charge in [0.05, 0.1) is 0 Å². The summed E-state index contributed by atoms with van der Waals surface area (Å²) in [7, 11) is 2.19. The number of benzene rings is 2. The molecule has 0 aliphatic carbocycles. The number of aromatic nitrogens is 1. The fourth-order valence-corrected chi connectivity index (χ4v) is 3.39. The van der Waals surface area contributed by atoms with Crippen LogP contribution >= 0.6 is 0 Å².